The van der Waals surface area contributed by atoms with Crippen LogP contribution in [0.2, 0.25) is 0 Å². The third-order valence-corrected chi connectivity index (χ3v) is 3.87. The average molecular weight is 255 g/mol. The van der Waals surface area contributed by atoms with Gasteiger partial charge in [-0.15, -0.1) is 11.8 Å². The molecule has 0 spiro atoms. The van der Waals surface area contributed by atoms with E-state index in [0.717, 1.165) is 4.90 Å². The lowest BCUT2D eigenvalue weighted by molar-refractivity contribution is -0.145. The number of aliphatic carboxylic acids is 1. The lowest BCUT2D eigenvalue weighted by atomic mass is 9.97. The first-order chi connectivity index (χ1) is 7.86. The van der Waals surface area contributed by atoms with Crippen LogP contribution >= 0.6 is 11.8 Å². The topological polar surface area (TPSA) is 72.5 Å². The smallest absolute Gasteiger partial charge is 0.309 e. The molecule has 17 heavy (non-hydrogen) atoms. The standard InChI is InChI=1S/C12H17NO3S/c1-12(2,11(14)15)7-17-10-5-4-8(13)6-9(10)16-3/h4-6H,7,13H2,1-3H3,(H,14,15). The number of benzene rings is 1. The lowest BCUT2D eigenvalue weighted by Gasteiger charge is -2.19. The number of hydrogen-bond donors (Lipinski definition) is 2. The third kappa shape index (κ3) is 3.56. The van der Waals surface area contributed by atoms with Crippen molar-refractivity contribution in [1.29, 1.82) is 0 Å². The number of ether oxygens (including phenoxy) is 1. The molecule has 0 atom stereocenters. The Labute approximate surface area is 105 Å². The fourth-order valence-electron chi connectivity index (χ4n) is 1.12. The summed E-state index contributed by atoms with van der Waals surface area (Å²) in [6.45, 7) is 3.40. The van der Waals surface area contributed by atoms with Crippen molar-refractivity contribution in [1.82, 2.24) is 0 Å². The zero-order valence-electron chi connectivity index (χ0n) is 10.2. The molecule has 0 bridgehead atoms. The van der Waals surface area contributed by atoms with Gasteiger partial charge in [0.1, 0.15) is 5.75 Å². The number of carboxylic acids is 1. The van der Waals surface area contributed by atoms with Crippen molar-refractivity contribution in [3.8, 4) is 5.75 Å². The molecule has 1 aromatic rings. The summed E-state index contributed by atoms with van der Waals surface area (Å²) in [4.78, 5) is 11.9. The van der Waals surface area contributed by atoms with Crippen LogP contribution in [0.5, 0.6) is 5.75 Å². The number of nitrogens with two attached hydrogens (primary N) is 1. The molecule has 0 aliphatic rings. The molecule has 0 fully saturated rings. The van der Waals surface area contributed by atoms with E-state index in [0.29, 0.717) is 17.2 Å². The van der Waals surface area contributed by atoms with E-state index in [1.807, 2.05) is 6.07 Å². The molecule has 1 rings (SSSR count). The second kappa shape index (κ2) is 5.31. The van der Waals surface area contributed by atoms with Gasteiger partial charge in [-0.25, -0.2) is 0 Å². The molecule has 0 heterocycles. The van der Waals surface area contributed by atoms with Gasteiger partial charge in [0.25, 0.3) is 0 Å². The second-order valence-electron chi connectivity index (χ2n) is 4.39. The molecular formula is C12H17NO3S. The van der Waals surface area contributed by atoms with E-state index in [2.05, 4.69) is 0 Å². The van der Waals surface area contributed by atoms with Gasteiger partial charge in [-0.1, -0.05) is 0 Å². The van der Waals surface area contributed by atoms with E-state index in [1.165, 1.54) is 11.8 Å². The molecule has 4 nitrogen and oxygen atoms in total. The van der Waals surface area contributed by atoms with Gasteiger partial charge < -0.3 is 15.6 Å². The molecule has 0 saturated carbocycles. The van der Waals surface area contributed by atoms with Crippen LogP contribution in [-0.2, 0) is 4.79 Å². The van der Waals surface area contributed by atoms with Crippen LogP contribution in [0.1, 0.15) is 13.8 Å². The van der Waals surface area contributed by atoms with Crippen LogP contribution in [-0.4, -0.2) is 23.9 Å². The number of carboxylic acid groups (broad SMARTS) is 1. The fourth-order valence-corrected chi connectivity index (χ4v) is 2.21. The maximum absolute atomic E-state index is 11.0. The maximum atomic E-state index is 11.0. The van der Waals surface area contributed by atoms with Crippen LogP contribution in [0, 0.1) is 5.41 Å². The Morgan fingerprint density at radius 3 is 2.71 bits per heavy atom. The largest absolute Gasteiger partial charge is 0.496 e. The highest BCUT2D eigenvalue weighted by Gasteiger charge is 2.27. The summed E-state index contributed by atoms with van der Waals surface area (Å²) in [6, 6.07) is 5.35. The quantitative estimate of drug-likeness (QED) is 0.624. The Balaban J connectivity index is 2.79. The number of nitrogen functional groups attached to an aromatic ring is 1. The minimum atomic E-state index is -0.806. The molecule has 0 aliphatic carbocycles. The number of thioether (sulfide) groups is 1. The summed E-state index contributed by atoms with van der Waals surface area (Å²) in [5.41, 5.74) is 5.51. The SMILES string of the molecule is COc1cc(N)ccc1SCC(C)(C)C(=O)O. The summed E-state index contributed by atoms with van der Waals surface area (Å²) in [5, 5.41) is 9.03. The first kappa shape index (κ1) is 13.7. The monoisotopic (exact) mass is 255 g/mol. The van der Waals surface area contributed by atoms with Crippen LogP contribution in [0.25, 0.3) is 0 Å². The second-order valence-corrected chi connectivity index (χ2v) is 5.41. The molecule has 0 aliphatic heterocycles. The zero-order valence-corrected chi connectivity index (χ0v) is 11.0. The molecule has 0 unspecified atom stereocenters. The van der Waals surface area contributed by atoms with Crippen molar-refractivity contribution in [2.75, 3.05) is 18.6 Å². The first-order valence-electron chi connectivity index (χ1n) is 5.16. The van der Waals surface area contributed by atoms with Gasteiger partial charge in [-0.2, -0.15) is 0 Å². The molecule has 0 aromatic heterocycles. The maximum Gasteiger partial charge on any atom is 0.309 e. The van der Waals surface area contributed by atoms with E-state index in [9.17, 15) is 4.79 Å². The molecule has 3 N–H and O–H groups in total. The minimum Gasteiger partial charge on any atom is -0.496 e. The first-order valence-corrected chi connectivity index (χ1v) is 6.15. The Hall–Kier alpha value is -1.36. The van der Waals surface area contributed by atoms with Crippen molar-refractivity contribution in [3.63, 3.8) is 0 Å². The predicted octanol–water partition coefficient (Wildman–Crippen LogP) is 2.48. The van der Waals surface area contributed by atoms with E-state index >= 15 is 0 Å². The summed E-state index contributed by atoms with van der Waals surface area (Å²) in [7, 11) is 1.57. The molecule has 0 radical (unpaired) electrons. The number of methoxy groups -OCH3 is 1. The van der Waals surface area contributed by atoms with Crippen molar-refractivity contribution in [2.24, 2.45) is 5.41 Å². The average Bonchev–Trinajstić information content (AvgIpc) is 2.27. The Bertz CT molecular complexity index is 418. The number of anilines is 1. The molecular weight excluding hydrogens is 238 g/mol. The van der Waals surface area contributed by atoms with Gasteiger partial charge in [-0.3, -0.25) is 4.79 Å². The van der Waals surface area contributed by atoms with Gasteiger partial charge in [0, 0.05) is 22.4 Å². The Morgan fingerprint density at radius 2 is 2.18 bits per heavy atom. The van der Waals surface area contributed by atoms with Crippen molar-refractivity contribution in [3.05, 3.63) is 18.2 Å². The third-order valence-electron chi connectivity index (χ3n) is 2.36. The van der Waals surface area contributed by atoms with E-state index in [4.69, 9.17) is 15.6 Å². The Kier molecular flexibility index (Phi) is 4.28. The van der Waals surface area contributed by atoms with Crippen LogP contribution < -0.4 is 10.5 Å². The summed E-state index contributed by atoms with van der Waals surface area (Å²) < 4.78 is 5.20. The molecule has 1 aromatic carbocycles. The minimum absolute atomic E-state index is 0.475. The van der Waals surface area contributed by atoms with E-state index in [-0.39, 0.29) is 0 Å². The Morgan fingerprint density at radius 1 is 1.53 bits per heavy atom. The normalized spacial score (nSPS) is 11.2. The molecule has 0 amide bonds. The summed E-state index contributed by atoms with van der Waals surface area (Å²) in [5.74, 6) is 0.346. The van der Waals surface area contributed by atoms with Crippen LogP contribution in [0.3, 0.4) is 0 Å². The van der Waals surface area contributed by atoms with Crippen LogP contribution in [0.4, 0.5) is 5.69 Å². The highest BCUT2D eigenvalue weighted by Crippen LogP contribution is 2.34. The summed E-state index contributed by atoms with van der Waals surface area (Å²) >= 11 is 1.45. The fraction of sp³-hybridized carbons (Fsp3) is 0.417. The van der Waals surface area contributed by atoms with Crippen molar-refractivity contribution in [2.45, 2.75) is 18.7 Å². The molecule has 0 saturated heterocycles. The van der Waals surface area contributed by atoms with Gasteiger partial charge in [0.15, 0.2) is 0 Å². The molecule has 5 heteroatoms. The summed E-state index contributed by atoms with van der Waals surface area (Å²) in [6.07, 6.45) is 0. The van der Waals surface area contributed by atoms with Gasteiger partial charge >= 0.3 is 5.97 Å². The highest BCUT2D eigenvalue weighted by atomic mass is 32.2. The van der Waals surface area contributed by atoms with Crippen molar-refractivity contribution < 1.29 is 14.6 Å². The zero-order chi connectivity index (χ0) is 13.1. The van der Waals surface area contributed by atoms with Crippen molar-refractivity contribution >= 4 is 23.4 Å². The van der Waals surface area contributed by atoms with Crippen LogP contribution in [0.15, 0.2) is 23.1 Å². The van der Waals surface area contributed by atoms with Gasteiger partial charge in [-0.05, 0) is 26.0 Å². The predicted molar refractivity (Wildman–Crippen MR) is 69.5 cm³/mol. The number of hydrogen-bond acceptors (Lipinski definition) is 4. The van der Waals surface area contributed by atoms with Gasteiger partial charge in [0.05, 0.1) is 12.5 Å². The number of carbonyl (C=O) groups is 1. The highest BCUT2D eigenvalue weighted by molar-refractivity contribution is 7.99. The molecule has 94 valence electrons. The van der Waals surface area contributed by atoms with E-state index < -0.39 is 11.4 Å². The van der Waals surface area contributed by atoms with Gasteiger partial charge in [0.2, 0.25) is 0 Å². The number of rotatable bonds is 5. The lowest BCUT2D eigenvalue weighted by Crippen LogP contribution is -2.26. The van der Waals surface area contributed by atoms with E-state index in [1.54, 1.807) is 33.1 Å².